The predicted octanol–water partition coefficient (Wildman–Crippen LogP) is 4.25. The molecular formula is C29H28FN7O2. The molecule has 1 aliphatic heterocycles. The smallest absolute Gasteiger partial charge is 0.290 e. The summed E-state index contributed by atoms with van der Waals surface area (Å²) >= 11 is 0. The molecule has 198 valence electrons. The highest BCUT2D eigenvalue weighted by atomic mass is 19.1. The summed E-state index contributed by atoms with van der Waals surface area (Å²) in [6.45, 7) is 4.08. The zero-order valence-electron chi connectivity index (χ0n) is 21.5. The maximum absolute atomic E-state index is 13.5. The van der Waals surface area contributed by atoms with Gasteiger partial charge in [-0.3, -0.25) is 19.4 Å². The molecule has 0 bridgehead atoms. The highest BCUT2D eigenvalue weighted by Gasteiger charge is 2.19. The van der Waals surface area contributed by atoms with Gasteiger partial charge in [0.05, 0.1) is 23.1 Å². The van der Waals surface area contributed by atoms with Gasteiger partial charge in [0, 0.05) is 74.9 Å². The molecule has 1 aromatic carbocycles. The van der Waals surface area contributed by atoms with Crippen LogP contribution >= 0.6 is 0 Å². The Morgan fingerprint density at radius 3 is 2.49 bits per heavy atom. The van der Waals surface area contributed by atoms with Crippen LogP contribution in [0.5, 0.6) is 0 Å². The second kappa shape index (κ2) is 11.8. The third-order valence-electron chi connectivity index (χ3n) is 6.61. The largest absolute Gasteiger partial charge is 0.483 e. The van der Waals surface area contributed by atoms with Crippen LogP contribution in [0.25, 0.3) is 33.4 Å². The maximum atomic E-state index is 13.5. The minimum Gasteiger partial charge on any atom is -0.483 e. The number of hydrogen-bond acceptors (Lipinski definition) is 7. The fourth-order valence-electron chi connectivity index (χ4n) is 4.74. The number of aromatic nitrogens is 5. The van der Waals surface area contributed by atoms with Crippen molar-refractivity contribution < 1.29 is 14.3 Å². The Bertz CT molecular complexity index is 1560. The van der Waals surface area contributed by atoms with Gasteiger partial charge in [-0.2, -0.15) is 5.10 Å². The van der Waals surface area contributed by atoms with E-state index in [1.54, 1.807) is 23.0 Å². The minimum atomic E-state index is -0.250. The first kappa shape index (κ1) is 25.9. The number of anilines is 1. The van der Waals surface area contributed by atoms with Crippen molar-refractivity contribution in [2.45, 2.75) is 6.54 Å². The molecule has 6 rings (SSSR count). The van der Waals surface area contributed by atoms with Crippen LogP contribution in [0.2, 0.25) is 0 Å². The first-order chi connectivity index (χ1) is 19.0. The average Bonchev–Trinajstić information content (AvgIpc) is 3.40. The van der Waals surface area contributed by atoms with Gasteiger partial charge in [0.15, 0.2) is 0 Å². The molecule has 0 radical (unpaired) electrons. The zero-order chi connectivity index (χ0) is 27.2. The van der Waals surface area contributed by atoms with Gasteiger partial charge >= 0.3 is 0 Å². The van der Waals surface area contributed by atoms with Gasteiger partial charge in [0.2, 0.25) is 0 Å². The van der Waals surface area contributed by atoms with Crippen molar-refractivity contribution in [3.05, 3.63) is 90.8 Å². The number of carbonyl (C=O) groups is 1. The summed E-state index contributed by atoms with van der Waals surface area (Å²) in [5.41, 5.74) is 5.49. The lowest BCUT2D eigenvalue weighted by atomic mass is 10.1. The number of aryl methyl sites for hydroxylation is 1. The topological polar surface area (TPSA) is 100 Å². The number of carboxylic acid groups (broad SMARTS) is 1. The van der Waals surface area contributed by atoms with E-state index in [9.17, 15) is 4.39 Å². The predicted molar refractivity (Wildman–Crippen MR) is 148 cm³/mol. The molecule has 1 fully saturated rings. The summed E-state index contributed by atoms with van der Waals surface area (Å²) < 4.78 is 15.3. The summed E-state index contributed by atoms with van der Waals surface area (Å²) in [4.78, 5) is 27.3. The molecule has 39 heavy (non-hydrogen) atoms. The number of nitrogens with zero attached hydrogens (tertiary/aromatic N) is 7. The number of hydrogen-bond donors (Lipinski definition) is 1. The van der Waals surface area contributed by atoms with E-state index in [1.807, 2.05) is 49.9 Å². The molecule has 0 amide bonds. The molecule has 0 spiro atoms. The highest BCUT2D eigenvalue weighted by Crippen LogP contribution is 2.30. The van der Waals surface area contributed by atoms with E-state index in [0.717, 1.165) is 77.5 Å². The number of fused-ring (bicyclic) bond motifs is 1. The second-order valence-electron chi connectivity index (χ2n) is 9.23. The summed E-state index contributed by atoms with van der Waals surface area (Å²) in [7, 11) is 1.90. The molecule has 0 unspecified atom stereocenters. The monoisotopic (exact) mass is 525 g/mol. The van der Waals surface area contributed by atoms with Crippen molar-refractivity contribution in [3.63, 3.8) is 0 Å². The van der Waals surface area contributed by atoms with Crippen LogP contribution in [0.4, 0.5) is 10.2 Å². The Kier molecular flexibility index (Phi) is 7.83. The second-order valence-corrected chi connectivity index (χ2v) is 9.23. The molecule has 5 heterocycles. The summed E-state index contributed by atoms with van der Waals surface area (Å²) in [6, 6.07) is 17.0. The van der Waals surface area contributed by atoms with Crippen LogP contribution in [0.15, 0.2) is 79.4 Å². The minimum absolute atomic E-state index is 0.181. The number of halogens is 1. The van der Waals surface area contributed by atoms with Gasteiger partial charge in [-0.25, -0.2) is 14.4 Å². The maximum Gasteiger partial charge on any atom is 0.290 e. The van der Waals surface area contributed by atoms with Gasteiger partial charge in [-0.05, 0) is 48.0 Å². The third-order valence-corrected chi connectivity index (χ3v) is 6.61. The van der Waals surface area contributed by atoms with Crippen LogP contribution < -0.4 is 4.90 Å². The Labute approximate surface area is 225 Å². The first-order valence-electron chi connectivity index (χ1n) is 12.5. The number of piperazine rings is 1. The van der Waals surface area contributed by atoms with E-state index in [0.29, 0.717) is 0 Å². The Hall–Kier alpha value is -4.70. The van der Waals surface area contributed by atoms with Crippen molar-refractivity contribution in [3.8, 4) is 22.5 Å². The third kappa shape index (κ3) is 6.07. The number of rotatable bonds is 5. The number of pyridine rings is 3. The molecule has 10 heteroatoms. The Morgan fingerprint density at radius 1 is 0.974 bits per heavy atom. The van der Waals surface area contributed by atoms with Crippen LogP contribution in [-0.2, 0) is 18.4 Å². The van der Waals surface area contributed by atoms with Crippen molar-refractivity contribution in [1.29, 1.82) is 0 Å². The fourth-order valence-corrected chi connectivity index (χ4v) is 4.74. The molecule has 9 nitrogen and oxygen atoms in total. The van der Waals surface area contributed by atoms with E-state index in [1.165, 1.54) is 6.07 Å². The molecule has 1 N–H and O–H groups in total. The normalized spacial score (nSPS) is 13.6. The van der Waals surface area contributed by atoms with Gasteiger partial charge < -0.3 is 10.0 Å². The molecule has 5 aromatic rings. The molecule has 4 aromatic heterocycles. The van der Waals surface area contributed by atoms with E-state index in [4.69, 9.17) is 19.9 Å². The lowest BCUT2D eigenvalue weighted by molar-refractivity contribution is -0.122. The quantitative estimate of drug-likeness (QED) is 0.340. The Morgan fingerprint density at radius 2 is 1.79 bits per heavy atom. The molecule has 0 aliphatic carbocycles. The fraction of sp³-hybridized carbons (Fsp3) is 0.207. The standard InChI is InChI=1S/C28H26FN7.CH2O2/c1-34-19-22(17-32-34)25-15-26-24(6-3-9-30-26)28(33-25)21-7-8-27(31-16-21)36-12-10-35(11-13-36)18-20-4-2-5-23(29)14-20;2-1-3/h2-9,14-17,19H,10-13,18H2,1H3;1H,(H,2,3). The zero-order valence-corrected chi connectivity index (χ0v) is 21.5. The van der Waals surface area contributed by atoms with Crippen molar-refractivity contribution in [2.75, 3.05) is 31.1 Å². The van der Waals surface area contributed by atoms with Gasteiger partial charge in [-0.15, -0.1) is 0 Å². The van der Waals surface area contributed by atoms with E-state index < -0.39 is 0 Å². The summed E-state index contributed by atoms with van der Waals surface area (Å²) in [6.07, 6.45) is 7.47. The summed E-state index contributed by atoms with van der Waals surface area (Å²) in [5.74, 6) is 0.773. The van der Waals surface area contributed by atoms with E-state index >= 15 is 0 Å². The van der Waals surface area contributed by atoms with Crippen molar-refractivity contribution in [2.24, 2.45) is 7.05 Å². The first-order valence-corrected chi connectivity index (χ1v) is 12.5. The average molecular weight is 526 g/mol. The van der Waals surface area contributed by atoms with Crippen molar-refractivity contribution >= 4 is 23.2 Å². The van der Waals surface area contributed by atoms with Gasteiger partial charge in [-0.1, -0.05) is 12.1 Å². The summed E-state index contributed by atoms with van der Waals surface area (Å²) in [5, 5.41) is 12.2. The lowest BCUT2D eigenvalue weighted by Crippen LogP contribution is -2.46. The van der Waals surface area contributed by atoms with Gasteiger partial charge in [0.1, 0.15) is 11.6 Å². The lowest BCUT2D eigenvalue weighted by Gasteiger charge is -2.35. The molecule has 1 aliphatic rings. The molecule has 1 saturated heterocycles. The molecule has 0 atom stereocenters. The molecular weight excluding hydrogens is 497 g/mol. The van der Waals surface area contributed by atoms with Crippen LogP contribution in [0.1, 0.15) is 5.56 Å². The van der Waals surface area contributed by atoms with Gasteiger partial charge in [0.25, 0.3) is 6.47 Å². The van der Waals surface area contributed by atoms with Crippen LogP contribution in [0.3, 0.4) is 0 Å². The molecule has 0 saturated carbocycles. The Balaban J connectivity index is 0.000000983. The van der Waals surface area contributed by atoms with Crippen molar-refractivity contribution in [1.82, 2.24) is 29.6 Å². The highest BCUT2D eigenvalue weighted by molar-refractivity contribution is 5.94. The van der Waals surface area contributed by atoms with Crippen LogP contribution in [0, 0.1) is 5.82 Å². The number of benzene rings is 1. The van der Waals surface area contributed by atoms with E-state index in [-0.39, 0.29) is 12.3 Å². The SMILES string of the molecule is Cn1cc(-c2cc3ncccc3c(-c3ccc(N4CCN(Cc5cccc(F)c5)CC4)nc3)n2)cn1.O=CO. The van der Waals surface area contributed by atoms with Crippen LogP contribution in [-0.4, -0.2) is 67.4 Å². The van der Waals surface area contributed by atoms with E-state index in [2.05, 4.69) is 32.0 Å².